The molecule has 2 aromatic heterocycles. The molecule has 1 radical (unpaired) electrons. The second-order valence-electron chi connectivity index (χ2n) is 12.6. The summed E-state index contributed by atoms with van der Waals surface area (Å²) in [6.45, 7) is 7.00. The van der Waals surface area contributed by atoms with Crippen LogP contribution in [0.1, 0.15) is 11.1 Å². The molecule has 48 heavy (non-hydrogen) atoms. The van der Waals surface area contributed by atoms with E-state index in [1.807, 2.05) is 54.9 Å². The van der Waals surface area contributed by atoms with Gasteiger partial charge in [0.2, 0.25) is 0 Å². The summed E-state index contributed by atoms with van der Waals surface area (Å²) in [4.78, 5) is 9.35. The number of nitrogens with zero attached hydrogens (tertiary/aromatic N) is 2. The summed E-state index contributed by atoms with van der Waals surface area (Å²) in [5, 5.41) is 1.40. The average molecular weight is 815 g/mol. The molecule has 0 aliphatic heterocycles. The summed E-state index contributed by atoms with van der Waals surface area (Å²) in [5.41, 5.74) is 11.3. The van der Waals surface area contributed by atoms with Gasteiger partial charge in [-0.25, -0.2) is 0 Å². The summed E-state index contributed by atoms with van der Waals surface area (Å²) in [6, 6.07) is 58.8. The second-order valence-corrected chi connectivity index (χ2v) is 17.6. The first-order valence-corrected chi connectivity index (χ1v) is 19.5. The van der Waals surface area contributed by atoms with E-state index >= 15 is 0 Å². The molecule has 0 aliphatic rings. The number of aromatic nitrogens is 2. The molecule has 0 fully saturated rings. The van der Waals surface area contributed by atoms with Crippen LogP contribution < -0.4 is 5.19 Å². The van der Waals surface area contributed by atoms with Crippen molar-refractivity contribution in [3.8, 4) is 44.8 Å². The first kappa shape index (κ1) is 34.6. The van der Waals surface area contributed by atoms with Crippen molar-refractivity contribution < 1.29 is 20.1 Å². The molecule has 0 atom stereocenters. The minimum absolute atomic E-state index is 0. The number of benzene rings is 5. The summed E-state index contributed by atoms with van der Waals surface area (Å²) < 4.78 is 0. The second kappa shape index (κ2) is 16.4. The van der Waals surface area contributed by atoms with Crippen molar-refractivity contribution >= 4 is 13.3 Å². The zero-order chi connectivity index (χ0) is 32.5. The monoisotopic (exact) mass is 815 g/mol. The maximum atomic E-state index is 4.83. The number of pyridine rings is 2. The Balaban J connectivity index is 0.000000224. The quantitative estimate of drug-likeness (QED) is 0.118. The zero-order valence-electron chi connectivity index (χ0n) is 27.5. The van der Waals surface area contributed by atoms with Crippen molar-refractivity contribution in [2.24, 2.45) is 0 Å². The maximum Gasteiger partial charge on any atom is 0.0795 e. The Morgan fingerprint density at radius 1 is 0.521 bits per heavy atom. The third kappa shape index (κ3) is 8.99. The van der Waals surface area contributed by atoms with Crippen molar-refractivity contribution in [3.05, 3.63) is 187 Å². The third-order valence-corrected chi connectivity index (χ3v) is 10.1. The van der Waals surface area contributed by atoms with Crippen LogP contribution in [0.4, 0.5) is 0 Å². The Hall–Kier alpha value is -4.73. The van der Waals surface area contributed by atoms with Gasteiger partial charge in [0.15, 0.2) is 0 Å². The Bertz CT molecular complexity index is 2010. The van der Waals surface area contributed by atoms with Crippen molar-refractivity contribution in [1.82, 2.24) is 9.97 Å². The molecule has 0 unspecified atom stereocenters. The number of hydrogen-bond donors (Lipinski definition) is 0. The van der Waals surface area contributed by atoms with Gasteiger partial charge in [-0.15, -0.1) is 71.3 Å². The van der Waals surface area contributed by atoms with Gasteiger partial charge in [-0.3, -0.25) is 0 Å². The predicted octanol–water partition coefficient (Wildman–Crippen LogP) is 10.6. The molecule has 2 nitrogen and oxygen atoms in total. The van der Waals surface area contributed by atoms with E-state index in [0.29, 0.717) is 0 Å². The van der Waals surface area contributed by atoms with E-state index in [2.05, 4.69) is 146 Å². The van der Waals surface area contributed by atoms with E-state index in [-0.39, 0.29) is 20.1 Å². The fourth-order valence-corrected chi connectivity index (χ4v) is 6.49. The molecule has 7 rings (SSSR count). The normalized spacial score (nSPS) is 10.7. The van der Waals surface area contributed by atoms with Gasteiger partial charge in [0.05, 0.1) is 8.07 Å². The van der Waals surface area contributed by atoms with Gasteiger partial charge >= 0.3 is 0 Å². The van der Waals surface area contributed by atoms with Crippen molar-refractivity contribution in [3.63, 3.8) is 0 Å². The fourth-order valence-electron chi connectivity index (χ4n) is 5.46. The molecular formula is C44H38IrN2Si-2. The van der Waals surface area contributed by atoms with E-state index in [4.69, 9.17) is 4.98 Å². The van der Waals surface area contributed by atoms with Crippen molar-refractivity contribution in [2.45, 2.75) is 26.1 Å². The van der Waals surface area contributed by atoms with Crippen LogP contribution in [0.5, 0.6) is 0 Å². The minimum Gasteiger partial charge on any atom is -0.305 e. The molecule has 0 aliphatic carbocycles. The maximum absolute atomic E-state index is 4.83. The summed E-state index contributed by atoms with van der Waals surface area (Å²) in [7, 11) is -1.23. The minimum atomic E-state index is -1.23. The van der Waals surface area contributed by atoms with E-state index in [9.17, 15) is 0 Å². The Kier molecular flexibility index (Phi) is 11.8. The molecule has 0 bridgehead atoms. The van der Waals surface area contributed by atoms with Gasteiger partial charge in [0.25, 0.3) is 0 Å². The first-order chi connectivity index (χ1) is 22.9. The molecule has 0 N–H and O–H groups in total. The molecule has 0 saturated carbocycles. The van der Waals surface area contributed by atoms with E-state index in [0.717, 1.165) is 28.9 Å². The summed E-state index contributed by atoms with van der Waals surface area (Å²) in [6.07, 6.45) is 4.88. The molecule has 5 aromatic carbocycles. The molecule has 0 saturated heterocycles. The van der Waals surface area contributed by atoms with Crippen LogP contribution >= 0.6 is 0 Å². The van der Waals surface area contributed by atoms with Crippen LogP contribution in [0.3, 0.4) is 0 Å². The predicted molar refractivity (Wildman–Crippen MR) is 200 cm³/mol. The van der Waals surface area contributed by atoms with Crippen LogP contribution in [-0.4, -0.2) is 18.0 Å². The summed E-state index contributed by atoms with van der Waals surface area (Å²) >= 11 is 0. The van der Waals surface area contributed by atoms with Crippen LogP contribution in [0.15, 0.2) is 164 Å². The van der Waals surface area contributed by atoms with E-state index in [1.54, 1.807) is 0 Å². The number of hydrogen-bond acceptors (Lipinski definition) is 2. The zero-order valence-corrected chi connectivity index (χ0v) is 30.9. The summed E-state index contributed by atoms with van der Waals surface area (Å²) in [5.74, 6) is 0. The largest absolute Gasteiger partial charge is 0.305 e. The topological polar surface area (TPSA) is 25.8 Å². The molecule has 4 heteroatoms. The molecule has 7 aromatic rings. The van der Waals surface area contributed by atoms with E-state index in [1.165, 1.54) is 38.6 Å². The Morgan fingerprint density at radius 3 is 1.77 bits per heavy atom. The van der Waals surface area contributed by atoms with Crippen LogP contribution in [0.25, 0.3) is 44.8 Å². The standard InChI is InChI=1S/C30H22N.C14H16NSi.Ir/c1-4-11-23(12-5-1)19-28-21-30(31-22-29(28)25-15-8-3-9-16-25)27-18-10-17-26(20-27)24-13-6-2-7-14-24;1-16(2,3)13-9-10-14(15-11-13)12-7-5-4-6-8-12;/h1-17,20-22H,19H2;4-7,9-11H,1-3H3;/q2*-1;. The van der Waals surface area contributed by atoms with Gasteiger partial charge in [-0.1, -0.05) is 129 Å². The smallest absolute Gasteiger partial charge is 0.0795 e. The van der Waals surface area contributed by atoms with Crippen LogP contribution in [0.2, 0.25) is 19.6 Å². The SMILES string of the molecule is C[Si](C)(C)c1ccc(-c2[c-]cccc2)nc1.[Ir].[c-]1ccc(-c2ccccc2)cc1-c1cc(Cc2ccccc2)c(-c2ccccc2)cn1. The molecule has 239 valence electrons. The molecular weight excluding hydrogens is 777 g/mol. The Labute approximate surface area is 300 Å². The van der Waals surface area contributed by atoms with Gasteiger partial charge in [-0.2, -0.15) is 0 Å². The molecule has 0 spiro atoms. The third-order valence-electron chi connectivity index (χ3n) is 8.11. The van der Waals surface area contributed by atoms with Crippen LogP contribution in [-0.2, 0) is 26.5 Å². The van der Waals surface area contributed by atoms with Crippen LogP contribution in [0, 0.1) is 12.1 Å². The molecule has 0 amide bonds. The number of rotatable bonds is 7. The average Bonchev–Trinajstić information content (AvgIpc) is 3.13. The van der Waals surface area contributed by atoms with Gasteiger partial charge in [0.1, 0.15) is 0 Å². The van der Waals surface area contributed by atoms with E-state index < -0.39 is 8.07 Å². The van der Waals surface area contributed by atoms with Crippen molar-refractivity contribution in [1.29, 1.82) is 0 Å². The Morgan fingerprint density at radius 2 is 1.15 bits per heavy atom. The van der Waals surface area contributed by atoms with Gasteiger partial charge in [-0.05, 0) is 45.2 Å². The molecule has 2 heterocycles. The first-order valence-electron chi connectivity index (χ1n) is 16.0. The van der Waals surface area contributed by atoms with Gasteiger partial charge in [0, 0.05) is 38.1 Å². The van der Waals surface area contributed by atoms with Gasteiger partial charge < -0.3 is 9.97 Å². The fraction of sp³-hybridized carbons (Fsp3) is 0.0909. The van der Waals surface area contributed by atoms with Crippen molar-refractivity contribution in [2.75, 3.05) is 0 Å².